The summed E-state index contributed by atoms with van der Waals surface area (Å²) in [6.45, 7) is 5.83. The highest BCUT2D eigenvalue weighted by Gasteiger charge is 2.44. The highest BCUT2D eigenvalue weighted by Crippen LogP contribution is 2.50. The van der Waals surface area contributed by atoms with Crippen molar-refractivity contribution in [3.05, 3.63) is 28.7 Å². The van der Waals surface area contributed by atoms with Crippen LogP contribution >= 0.6 is 15.9 Å². The summed E-state index contributed by atoms with van der Waals surface area (Å²) in [5.41, 5.74) is 1.29. The molecule has 1 atom stereocenters. The minimum Gasteiger partial charge on any atom is -0.325 e. The van der Waals surface area contributed by atoms with Crippen molar-refractivity contribution in [3.8, 4) is 0 Å². The van der Waals surface area contributed by atoms with Crippen LogP contribution in [-0.4, -0.2) is 19.0 Å². The summed E-state index contributed by atoms with van der Waals surface area (Å²) >= 11 is 3.38. The molecule has 1 amide bonds. The normalized spacial score (nSPS) is 20.5. The molecule has 1 aliphatic carbocycles. The third-order valence-electron chi connectivity index (χ3n) is 3.50. The maximum absolute atomic E-state index is 11.7. The Kier molecular flexibility index (Phi) is 4.07. The van der Waals surface area contributed by atoms with Crippen LogP contribution in [0.5, 0.6) is 0 Å². The number of benzene rings is 1. The van der Waals surface area contributed by atoms with Crippen LogP contribution in [0.3, 0.4) is 0 Å². The average molecular weight is 311 g/mol. The van der Waals surface area contributed by atoms with Crippen LogP contribution in [0.15, 0.2) is 28.7 Å². The second kappa shape index (κ2) is 5.41. The van der Waals surface area contributed by atoms with Crippen molar-refractivity contribution in [2.45, 2.75) is 20.3 Å². The van der Waals surface area contributed by atoms with Crippen LogP contribution < -0.4 is 10.6 Å². The van der Waals surface area contributed by atoms with Crippen molar-refractivity contribution >= 4 is 27.5 Å². The van der Waals surface area contributed by atoms with E-state index in [0.29, 0.717) is 12.0 Å². The van der Waals surface area contributed by atoms with E-state index < -0.39 is 0 Å². The number of hydrogen-bond acceptors (Lipinski definition) is 2. The third-order valence-corrected chi connectivity index (χ3v) is 4.00. The molecule has 98 valence electrons. The molecule has 0 aromatic heterocycles. The molecule has 0 heterocycles. The summed E-state index contributed by atoms with van der Waals surface area (Å²) in [6, 6.07) is 7.61. The fourth-order valence-corrected chi connectivity index (χ4v) is 2.46. The lowest BCUT2D eigenvalue weighted by Crippen LogP contribution is -2.30. The van der Waals surface area contributed by atoms with Gasteiger partial charge in [0.2, 0.25) is 5.91 Å². The van der Waals surface area contributed by atoms with Crippen molar-refractivity contribution in [1.29, 1.82) is 0 Å². The van der Waals surface area contributed by atoms with E-state index in [-0.39, 0.29) is 5.91 Å². The summed E-state index contributed by atoms with van der Waals surface area (Å²) in [5, 5.41) is 6.08. The third kappa shape index (κ3) is 3.82. The fraction of sp³-hybridized carbons (Fsp3) is 0.500. The van der Waals surface area contributed by atoms with Gasteiger partial charge in [0.15, 0.2) is 0 Å². The highest BCUT2D eigenvalue weighted by atomic mass is 79.9. The Bertz CT molecular complexity index is 445. The number of anilines is 1. The van der Waals surface area contributed by atoms with E-state index in [4.69, 9.17) is 0 Å². The van der Waals surface area contributed by atoms with Gasteiger partial charge in [-0.05, 0) is 42.5 Å². The molecule has 0 bridgehead atoms. The van der Waals surface area contributed by atoms with Gasteiger partial charge in [0, 0.05) is 10.2 Å². The SMILES string of the molecule is CC1(C)CC1CNCC(=O)Nc1cccc(Br)c1. The van der Waals surface area contributed by atoms with Crippen molar-refractivity contribution in [2.24, 2.45) is 11.3 Å². The first kappa shape index (κ1) is 13.6. The summed E-state index contributed by atoms with van der Waals surface area (Å²) in [4.78, 5) is 11.7. The largest absolute Gasteiger partial charge is 0.325 e. The van der Waals surface area contributed by atoms with Crippen LogP contribution in [0.25, 0.3) is 0 Å². The zero-order chi connectivity index (χ0) is 13.2. The second-order valence-corrected chi connectivity index (χ2v) is 6.49. The standard InChI is InChI=1S/C14H19BrN2O/c1-14(2)7-10(14)8-16-9-13(18)17-12-5-3-4-11(15)6-12/h3-6,10,16H,7-9H2,1-2H3,(H,17,18). The maximum Gasteiger partial charge on any atom is 0.238 e. The van der Waals surface area contributed by atoms with Gasteiger partial charge in [-0.2, -0.15) is 0 Å². The molecule has 1 aromatic carbocycles. The summed E-state index contributed by atoms with van der Waals surface area (Å²) < 4.78 is 0.966. The van der Waals surface area contributed by atoms with Crippen LogP contribution in [0.2, 0.25) is 0 Å². The van der Waals surface area contributed by atoms with Crippen LogP contribution in [0, 0.1) is 11.3 Å². The summed E-state index contributed by atoms with van der Waals surface area (Å²) in [6.07, 6.45) is 1.26. The van der Waals surface area contributed by atoms with Gasteiger partial charge in [-0.25, -0.2) is 0 Å². The Hall–Kier alpha value is -0.870. The highest BCUT2D eigenvalue weighted by molar-refractivity contribution is 9.10. The molecule has 1 aliphatic rings. The first-order valence-corrected chi connectivity index (χ1v) is 7.03. The summed E-state index contributed by atoms with van der Waals surface area (Å²) in [5.74, 6) is 0.725. The zero-order valence-electron chi connectivity index (χ0n) is 10.8. The van der Waals surface area contributed by atoms with Gasteiger partial charge < -0.3 is 10.6 Å². The monoisotopic (exact) mass is 310 g/mol. The Morgan fingerprint density at radius 2 is 2.22 bits per heavy atom. The van der Waals surface area contributed by atoms with E-state index in [1.165, 1.54) is 6.42 Å². The molecule has 4 heteroatoms. The molecule has 0 aliphatic heterocycles. The van der Waals surface area contributed by atoms with Crippen molar-refractivity contribution in [3.63, 3.8) is 0 Å². The van der Waals surface area contributed by atoms with E-state index >= 15 is 0 Å². The van der Waals surface area contributed by atoms with Crippen LogP contribution in [-0.2, 0) is 4.79 Å². The quantitative estimate of drug-likeness (QED) is 0.877. The Labute approximate surface area is 116 Å². The van der Waals surface area contributed by atoms with Crippen molar-refractivity contribution < 1.29 is 4.79 Å². The zero-order valence-corrected chi connectivity index (χ0v) is 12.4. The van der Waals surface area contributed by atoms with Gasteiger partial charge in [0.05, 0.1) is 6.54 Å². The molecule has 0 saturated heterocycles. The minimum absolute atomic E-state index is 0.00607. The number of amides is 1. The predicted molar refractivity (Wildman–Crippen MR) is 77.5 cm³/mol. The van der Waals surface area contributed by atoms with E-state index in [2.05, 4.69) is 40.4 Å². The maximum atomic E-state index is 11.7. The van der Waals surface area contributed by atoms with Gasteiger partial charge in [0.25, 0.3) is 0 Å². The Morgan fingerprint density at radius 3 is 2.83 bits per heavy atom. The van der Waals surface area contributed by atoms with Crippen molar-refractivity contribution in [2.75, 3.05) is 18.4 Å². The molecule has 18 heavy (non-hydrogen) atoms. The Morgan fingerprint density at radius 1 is 1.50 bits per heavy atom. The minimum atomic E-state index is 0.00607. The van der Waals surface area contributed by atoms with Gasteiger partial charge in [-0.1, -0.05) is 35.8 Å². The van der Waals surface area contributed by atoms with Crippen molar-refractivity contribution in [1.82, 2.24) is 5.32 Å². The number of hydrogen-bond donors (Lipinski definition) is 2. The molecule has 1 saturated carbocycles. The van der Waals surface area contributed by atoms with E-state index in [9.17, 15) is 4.79 Å². The number of halogens is 1. The lowest BCUT2D eigenvalue weighted by Gasteiger charge is -2.08. The lowest BCUT2D eigenvalue weighted by molar-refractivity contribution is -0.115. The molecule has 2 N–H and O–H groups in total. The van der Waals surface area contributed by atoms with Crippen LogP contribution in [0.4, 0.5) is 5.69 Å². The fourth-order valence-electron chi connectivity index (χ4n) is 2.06. The molecule has 1 aromatic rings. The van der Waals surface area contributed by atoms with E-state index in [1.54, 1.807) is 0 Å². The van der Waals surface area contributed by atoms with Gasteiger partial charge in [-0.3, -0.25) is 4.79 Å². The number of carbonyl (C=O) groups is 1. The predicted octanol–water partition coefficient (Wildman–Crippen LogP) is 3.02. The lowest BCUT2D eigenvalue weighted by atomic mass is 10.1. The van der Waals surface area contributed by atoms with Gasteiger partial charge >= 0.3 is 0 Å². The van der Waals surface area contributed by atoms with Gasteiger partial charge in [0.1, 0.15) is 0 Å². The van der Waals surface area contributed by atoms with E-state index in [1.807, 2.05) is 24.3 Å². The van der Waals surface area contributed by atoms with E-state index in [0.717, 1.165) is 22.6 Å². The molecule has 0 spiro atoms. The molecule has 3 nitrogen and oxygen atoms in total. The number of nitrogens with one attached hydrogen (secondary N) is 2. The molecule has 0 radical (unpaired) electrons. The molecule has 2 rings (SSSR count). The topological polar surface area (TPSA) is 41.1 Å². The first-order chi connectivity index (χ1) is 8.47. The number of rotatable bonds is 5. The smallest absolute Gasteiger partial charge is 0.238 e. The molecule has 1 unspecified atom stereocenters. The number of carbonyl (C=O) groups excluding carboxylic acids is 1. The van der Waals surface area contributed by atoms with Crippen LogP contribution in [0.1, 0.15) is 20.3 Å². The Balaban J connectivity index is 1.69. The summed E-state index contributed by atoms with van der Waals surface area (Å²) in [7, 11) is 0. The van der Waals surface area contributed by atoms with Gasteiger partial charge in [-0.15, -0.1) is 0 Å². The molecular formula is C14H19BrN2O. The first-order valence-electron chi connectivity index (χ1n) is 6.23. The molecular weight excluding hydrogens is 292 g/mol. The molecule has 1 fully saturated rings. The average Bonchev–Trinajstić information content (AvgIpc) is 2.86. The second-order valence-electron chi connectivity index (χ2n) is 5.58.